The normalized spacial score (nSPS) is 12.3. The first kappa shape index (κ1) is 25.6. The molecule has 0 saturated heterocycles. The molecule has 0 fully saturated rings. The van der Waals surface area contributed by atoms with Crippen molar-refractivity contribution in [3.05, 3.63) is 69.7 Å². The Kier molecular flexibility index (Phi) is 9.73. The van der Waals surface area contributed by atoms with Crippen LogP contribution in [0.15, 0.2) is 48.5 Å². The summed E-state index contributed by atoms with van der Waals surface area (Å²) in [5, 5.41) is 4.27. The lowest BCUT2D eigenvalue weighted by Crippen LogP contribution is -2.53. The average molecular weight is 481 g/mol. The number of hydrogen-bond acceptors (Lipinski definition) is 3. The van der Waals surface area contributed by atoms with Gasteiger partial charge in [0.25, 0.3) is 0 Å². The number of carbonyl (C=O) groups is 2. The zero-order valence-corrected chi connectivity index (χ0v) is 20.8. The molecule has 1 atom stereocenters. The molecule has 1 unspecified atom stereocenters. The van der Waals surface area contributed by atoms with E-state index in [1.165, 1.54) is 11.8 Å². The number of hydrogen-bond donors (Lipinski definition) is 1. The summed E-state index contributed by atoms with van der Waals surface area (Å²) in [5.74, 6) is 0.602. The molecule has 7 heteroatoms. The van der Waals surface area contributed by atoms with Gasteiger partial charge in [0, 0.05) is 27.9 Å². The molecule has 168 valence electrons. The molecule has 0 aliphatic rings. The third-order valence-electron chi connectivity index (χ3n) is 4.62. The number of benzene rings is 2. The second-order valence-electron chi connectivity index (χ2n) is 8.36. The van der Waals surface area contributed by atoms with Gasteiger partial charge in [-0.15, -0.1) is 11.8 Å². The maximum absolute atomic E-state index is 13.3. The molecule has 0 aliphatic heterocycles. The van der Waals surface area contributed by atoms with Gasteiger partial charge < -0.3 is 10.2 Å². The lowest BCUT2D eigenvalue weighted by Gasteiger charge is -2.33. The Balaban J connectivity index is 2.19. The smallest absolute Gasteiger partial charge is 0.243 e. The number of rotatable bonds is 9. The van der Waals surface area contributed by atoms with Gasteiger partial charge >= 0.3 is 0 Å². The first-order chi connectivity index (χ1) is 14.6. The lowest BCUT2D eigenvalue weighted by atomic mass is 10.1. The molecule has 1 N–H and O–H groups in total. The van der Waals surface area contributed by atoms with Crippen LogP contribution in [0.2, 0.25) is 10.0 Å². The highest BCUT2D eigenvalue weighted by Gasteiger charge is 2.30. The first-order valence-corrected chi connectivity index (χ1v) is 12.2. The van der Waals surface area contributed by atoms with Crippen LogP contribution in [0.4, 0.5) is 0 Å². The van der Waals surface area contributed by atoms with Crippen LogP contribution in [0, 0.1) is 0 Å². The fraction of sp³-hybridized carbons (Fsp3) is 0.417. The predicted molar refractivity (Wildman–Crippen MR) is 132 cm³/mol. The average Bonchev–Trinajstić information content (AvgIpc) is 2.69. The highest BCUT2D eigenvalue weighted by atomic mass is 35.5. The molecular weight excluding hydrogens is 451 g/mol. The van der Waals surface area contributed by atoms with Crippen LogP contribution in [0.25, 0.3) is 0 Å². The number of nitrogens with one attached hydrogen (secondary N) is 1. The molecule has 2 aromatic rings. The minimum Gasteiger partial charge on any atom is -0.350 e. The van der Waals surface area contributed by atoms with E-state index in [1.807, 2.05) is 70.2 Å². The van der Waals surface area contributed by atoms with Crippen LogP contribution in [0.5, 0.6) is 0 Å². The van der Waals surface area contributed by atoms with Crippen LogP contribution in [-0.2, 0) is 21.9 Å². The Morgan fingerprint density at radius 1 is 1.00 bits per heavy atom. The van der Waals surface area contributed by atoms with Crippen molar-refractivity contribution in [2.24, 2.45) is 0 Å². The Hall–Kier alpha value is -1.69. The van der Waals surface area contributed by atoms with Crippen molar-refractivity contribution in [1.29, 1.82) is 0 Å². The third kappa shape index (κ3) is 8.06. The van der Waals surface area contributed by atoms with E-state index in [-0.39, 0.29) is 29.7 Å². The van der Waals surface area contributed by atoms with Crippen molar-refractivity contribution < 1.29 is 9.59 Å². The lowest BCUT2D eigenvalue weighted by molar-refractivity contribution is -0.140. The zero-order chi connectivity index (χ0) is 23.0. The van der Waals surface area contributed by atoms with Gasteiger partial charge in [0.1, 0.15) is 6.04 Å². The maximum Gasteiger partial charge on any atom is 0.243 e. The molecule has 0 radical (unpaired) electrons. The van der Waals surface area contributed by atoms with Gasteiger partial charge in [-0.25, -0.2) is 0 Å². The molecule has 4 nitrogen and oxygen atoms in total. The zero-order valence-electron chi connectivity index (χ0n) is 18.5. The third-order valence-corrected chi connectivity index (χ3v) is 6.33. The van der Waals surface area contributed by atoms with Crippen LogP contribution in [0.1, 0.15) is 45.2 Å². The number of thioether (sulfide) groups is 1. The topological polar surface area (TPSA) is 49.4 Å². The number of nitrogens with zero attached hydrogens (tertiary/aromatic N) is 1. The van der Waals surface area contributed by atoms with E-state index in [4.69, 9.17) is 23.2 Å². The van der Waals surface area contributed by atoms with Gasteiger partial charge in [-0.3, -0.25) is 9.59 Å². The number of carbonyl (C=O) groups excluding carboxylic acids is 2. The molecular formula is C24H30Cl2N2O2S. The molecule has 31 heavy (non-hydrogen) atoms. The van der Waals surface area contributed by atoms with Gasteiger partial charge in [0.05, 0.1) is 5.75 Å². The van der Waals surface area contributed by atoms with Crippen LogP contribution >= 0.6 is 35.0 Å². The summed E-state index contributed by atoms with van der Waals surface area (Å²) in [6, 6.07) is 14.4. The molecule has 0 heterocycles. The second-order valence-corrected chi connectivity index (χ2v) is 10.2. The molecule has 2 rings (SSSR count). The van der Waals surface area contributed by atoms with E-state index >= 15 is 0 Å². The SMILES string of the molecule is CCC(C(=O)NC(C)(C)C)N(Cc1ccccc1Cl)C(=O)CSCc1ccccc1Cl. The quantitative estimate of drug-likeness (QED) is 0.482. The molecule has 0 saturated carbocycles. The van der Waals surface area contributed by atoms with Crippen LogP contribution in [-0.4, -0.2) is 34.0 Å². The minimum absolute atomic E-state index is 0.104. The van der Waals surface area contributed by atoms with E-state index in [0.717, 1.165) is 11.1 Å². The van der Waals surface area contributed by atoms with E-state index in [2.05, 4.69) is 5.32 Å². The van der Waals surface area contributed by atoms with Crippen molar-refractivity contribution in [2.75, 3.05) is 5.75 Å². The summed E-state index contributed by atoms with van der Waals surface area (Å²) >= 11 is 14.1. The summed E-state index contributed by atoms with van der Waals surface area (Å²) in [6.07, 6.45) is 0.507. The molecule has 0 aromatic heterocycles. The van der Waals surface area contributed by atoms with Crippen molar-refractivity contribution in [2.45, 2.75) is 58.0 Å². The van der Waals surface area contributed by atoms with Crippen molar-refractivity contribution in [3.8, 4) is 0 Å². The van der Waals surface area contributed by atoms with E-state index in [1.54, 1.807) is 11.0 Å². The van der Waals surface area contributed by atoms with Crippen molar-refractivity contribution in [1.82, 2.24) is 10.2 Å². The van der Waals surface area contributed by atoms with Gasteiger partial charge in [-0.1, -0.05) is 66.5 Å². The highest BCUT2D eigenvalue weighted by molar-refractivity contribution is 7.99. The summed E-state index contributed by atoms with van der Waals surface area (Å²) in [7, 11) is 0. The largest absolute Gasteiger partial charge is 0.350 e. The molecule has 2 aromatic carbocycles. The maximum atomic E-state index is 13.3. The fourth-order valence-electron chi connectivity index (χ4n) is 3.13. The first-order valence-electron chi connectivity index (χ1n) is 10.3. The summed E-state index contributed by atoms with van der Waals surface area (Å²) in [4.78, 5) is 27.9. The highest BCUT2D eigenvalue weighted by Crippen LogP contribution is 2.23. The molecule has 0 spiro atoms. The van der Waals surface area contributed by atoms with Crippen molar-refractivity contribution >= 4 is 46.8 Å². The van der Waals surface area contributed by atoms with E-state index < -0.39 is 6.04 Å². The van der Waals surface area contributed by atoms with E-state index in [9.17, 15) is 9.59 Å². The summed E-state index contributed by atoms with van der Waals surface area (Å²) in [6.45, 7) is 7.98. The van der Waals surface area contributed by atoms with Gasteiger partial charge in [0.15, 0.2) is 0 Å². The summed E-state index contributed by atoms with van der Waals surface area (Å²) < 4.78 is 0. The van der Waals surface area contributed by atoms with Crippen LogP contribution in [0.3, 0.4) is 0 Å². The molecule has 0 aliphatic carbocycles. The predicted octanol–water partition coefficient (Wildman–Crippen LogP) is 5.95. The Labute approximate surface area is 199 Å². The van der Waals surface area contributed by atoms with Crippen LogP contribution < -0.4 is 5.32 Å². The second kappa shape index (κ2) is 11.8. The number of amides is 2. The van der Waals surface area contributed by atoms with E-state index in [0.29, 0.717) is 22.2 Å². The molecule has 2 amide bonds. The monoisotopic (exact) mass is 480 g/mol. The standard InChI is InChI=1S/C24H30Cl2N2O2S/c1-5-21(23(30)27-24(2,3)4)28(14-17-10-6-8-12-19(17)25)22(29)16-31-15-18-11-7-9-13-20(18)26/h6-13,21H,5,14-16H2,1-4H3,(H,27,30). The molecule has 0 bridgehead atoms. The Morgan fingerprint density at radius 3 is 2.06 bits per heavy atom. The van der Waals surface area contributed by atoms with Crippen molar-refractivity contribution in [3.63, 3.8) is 0 Å². The number of halogens is 2. The Morgan fingerprint density at radius 2 is 1.55 bits per heavy atom. The summed E-state index contributed by atoms with van der Waals surface area (Å²) in [5.41, 5.74) is 1.41. The van der Waals surface area contributed by atoms with Gasteiger partial charge in [-0.05, 0) is 50.5 Å². The fourth-order valence-corrected chi connectivity index (χ4v) is 4.52. The Bertz CT molecular complexity index is 899. The minimum atomic E-state index is -0.580. The van der Waals surface area contributed by atoms with Gasteiger partial charge in [-0.2, -0.15) is 0 Å². The van der Waals surface area contributed by atoms with Gasteiger partial charge in [0.2, 0.25) is 11.8 Å².